The lowest BCUT2D eigenvalue weighted by Gasteiger charge is -2.08. The first-order valence-electron chi connectivity index (χ1n) is 5.33. The molecule has 0 aliphatic rings. The Morgan fingerprint density at radius 3 is 2.30 bits per heavy atom. The molecule has 0 bridgehead atoms. The molecule has 0 fully saturated rings. The van der Waals surface area contributed by atoms with Gasteiger partial charge in [-0.15, -0.1) is 12.6 Å². The van der Waals surface area contributed by atoms with Gasteiger partial charge >= 0.3 is 0 Å². The van der Waals surface area contributed by atoms with Gasteiger partial charge in [-0.2, -0.15) is 0 Å². The van der Waals surface area contributed by atoms with Crippen molar-refractivity contribution in [3.8, 4) is 0 Å². The molecule has 0 saturated carbocycles. The predicted molar refractivity (Wildman–Crippen MR) is 73.0 cm³/mol. The summed E-state index contributed by atoms with van der Waals surface area (Å²) in [5.74, 6) is -5.07. The highest BCUT2D eigenvalue weighted by atomic mass is 35.5. The number of thiol groups is 1. The molecule has 2 rings (SSSR count). The van der Waals surface area contributed by atoms with Crippen LogP contribution in [-0.4, -0.2) is 5.91 Å². The lowest BCUT2D eigenvalue weighted by atomic mass is 10.2. The molecular formula is C13H7ClF3NOS. The monoisotopic (exact) mass is 317 g/mol. The molecule has 2 aromatic rings. The van der Waals surface area contributed by atoms with Crippen molar-refractivity contribution >= 4 is 35.8 Å². The third-order valence-corrected chi connectivity index (χ3v) is 3.04. The Labute approximate surface area is 123 Å². The van der Waals surface area contributed by atoms with Crippen molar-refractivity contribution < 1.29 is 18.0 Å². The van der Waals surface area contributed by atoms with Crippen LogP contribution in [0, 0.1) is 17.5 Å². The number of benzene rings is 2. The van der Waals surface area contributed by atoms with E-state index in [-0.39, 0.29) is 16.3 Å². The molecule has 0 atom stereocenters. The maximum Gasteiger partial charge on any atom is 0.257 e. The third-order valence-electron chi connectivity index (χ3n) is 2.44. The molecule has 1 amide bonds. The Morgan fingerprint density at radius 1 is 1.10 bits per heavy atom. The Bertz CT molecular complexity index is 670. The van der Waals surface area contributed by atoms with E-state index in [0.717, 1.165) is 0 Å². The summed E-state index contributed by atoms with van der Waals surface area (Å²) in [5.41, 5.74) is -0.128. The van der Waals surface area contributed by atoms with Gasteiger partial charge < -0.3 is 5.32 Å². The summed E-state index contributed by atoms with van der Waals surface area (Å²) in [5, 5.41) is 2.39. The van der Waals surface area contributed by atoms with Crippen LogP contribution < -0.4 is 5.32 Å². The summed E-state index contributed by atoms with van der Waals surface area (Å²) >= 11 is 9.90. The number of carbonyl (C=O) groups excluding carboxylic acids is 1. The molecule has 0 unspecified atom stereocenters. The predicted octanol–water partition coefficient (Wildman–Crippen LogP) is 4.30. The van der Waals surface area contributed by atoms with Gasteiger partial charge in [0.05, 0.1) is 10.6 Å². The highest BCUT2D eigenvalue weighted by Crippen LogP contribution is 2.22. The number of halogens is 4. The smallest absolute Gasteiger partial charge is 0.257 e. The van der Waals surface area contributed by atoms with E-state index in [0.29, 0.717) is 17.0 Å². The lowest BCUT2D eigenvalue weighted by molar-refractivity contribution is 0.102. The molecular weight excluding hydrogens is 311 g/mol. The summed E-state index contributed by atoms with van der Waals surface area (Å²) < 4.78 is 38.9. The average Bonchev–Trinajstić information content (AvgIpc) is 2.38. The van der Waals surface area contributed by atoms with Crippen LogP contribution in [0.3, 0.4) is 0 Å². The maximum absolute atomic E-state index is 13.0. The number of hydrogen-bond acceptors (Lipinski definition) is 2. The molecule has 0 saturated heterocycles. The van der Waals surface area contributed by atoms with E-state index in [1.165, 1.54) is 12.1 Å². The lowest BCUT2D eigenvalue weighted by Crippen LogP contribution is -2.13. The van der Waals surface area contributed by atoms with Crippen molar-refractivity contribution in [3.63, 3.8) is 0 Å². The number of carbonyl (C=O) groups is 1. The first-order chi connectivity index (χ1) is 9.38. The quantitative estimate of drug-likeness (QED) is 0.627. The fourth-order valence-electron chi connectivity index (χ4n) is 1.51. The van der Waals surface area contributed by atoms with Gasteiger partial charge in [0.2, 0.25) is 0 Å². The van der Waals surface area contributed by atoms with E-state index in [1.807, 2.05) is 0 Å². The maximum atomic E-state index is 13.0. The van der Waals surface area contributed by atoms with Crippen molar-refractivity contribution in [2.45, 2.75) is 4.90 Å². The second-order valence-electron chi connectivity index (χ2n) is 3.87. The normalized spacial score (nSPS) is 10.4. The minimum Gasteiger partial charge on any atom is -0.322 e. The summed E-state index contributed by atoms with van der Waals surface area (Å²) in [6.45, 7) is 0. The molecule has 2 aromatic carbocycles. The minimum absolute atomic E-state index is 0.0873. The molecule has 7 heteroatoms. The number of anilines is 1. The Kier molecular flexibility index (Phi) is 4.25. The molecule has 20 heavy (non-hydrogen) atoms. The largest absolute Gasteiger partial charge is 0.322 e. The van der Waals surface area contributed by atoms with Crippen molar-refractivity contribution in [1.29, 1.82) is 0 Å². The molecule has 0 radical (unpaired) electrons. The van der Waals surface area contributed by atoms with Gasteiger partial charge in [-0.05, 0) is 18.2 Å². The molecule has 0 aliphatic carbocycles. The first kappa shape index (κ1) is 14.7. The van der Waals surface area contributed by atoms with Crippen LogP contribution in [0.25, 0.3) is 0 Å². The first-order valence-corrected chi connectivity index (χ1v) is 6.15. The summed E-state index contributed by atoms with van der Waals surface area (Å²) in [7, 11) is 0. The van der Waals surface area contributed by atoms with E-state index >= 15 is 0 Å². The van der Waals surface area contributed by atoms with Crippen LogP contribution in [0.4, 0.5) is 18.9 Å². The van der Waals surface area contributed by atoms with E-state index in [1.54, 1.807) is 6.07 Å². The molecule has 0 heterocycles. The van der Waals surface area contributed by atoms with Crippen LogP contribution in [-0.2, 0) is 0 Å². The Morgan fingerprint density at radius 2 is 1.70 bits per heavy atom. The SMILES string of the molecule is O=C(Nc1cc(F)c(F)c(F)c1)c1cc(S)ccc1Cl. The van der Waals surface area contributed by atoms with Crippen LogP contribution >= 0.6 is 24.2 Å². The molecule has 104 valence electrons. The van der Waals surface area contributed by atoms with E-state index in [4.69, 9.17) is 11.6 Å². The number of rotatable bonds is 2. The van der Waals surface area contributed by atoms with Gasteiger partial charge in [0.25, 0.3) is 5.91 Å². The number of amides is 1. The second-order valence-corrected chi connectivity index (χ2v) is 4.80. The van der Waals surface area contributed by atoms with Gasteiger partial charge in [0, 0.05) is 22.7 Å². The zero-order valence-electron chi connectivity index (χ0n) is 9.75. The van der Waals surface area contributed by atoms with Crippen molar-refractivity contribution in [2.24, 2.45) is 0 Å². The van der Waals surface area contributed by atoms with Gasteiger partial charge in [0.15, 0.2) is 17.5 Å². The highest BCUT2D eigenvalue weighted by molar-refractivity contribution is 7.80. The topological polar surface area (TPSA) is 29.1 Å². The number of nitrogens with one attached hydrogen (secondary N) is 1. The Hall–Kier alpha value is -1.66. The van der Waals surface area contributed by atoms with Crippen LogP contribution in [0.1, 0.15) is 10.4 Å². The van der Waals surface area contributed by atoms with Crippen LogP contribution in [0.15, 0.2) is 35.2 Å². The van der Waals surface area contributed by atoms with Gasteiger partial charge in [-0.1, -0.05) is 11.6 Å². The number of hydrogen-bond donors (Lipinski definition) is 2. The van der Waals surface area contributed by atoms with Gasteiger partial charge in [-0.3, -0.25) is 4.79 Å². The van der Waals surface area contributed by atoms with Gasteiger partial charge in [-0.25, -0.2) is 13.2 Å². The minimum atomic E-state index is -1.60. The summed E-state index contributed by atoms with van der Waals surface area (Å²) in [6.07, 6.45) is 0. The highest BCUT2D eigenvalue weighted by Gasteiger charge is 2.15. The zero-order valence-corrected chi connectivity index (χ0v) is 11.4. The molecule has 1 N–H and O–H groups in total. The third kappa shape index (κ3) is 3.08. The van der Waals surface area contributed by atoms with E-state index < -0.39 is 23.4 Å². The Balaban J connectivity index is 2.30. The van der Waals surface area contributed by atoms with Crippen LogP contribution in [0.5, 0.6) is 0 Å². The molecule has 0 aliphatic heterocycles. The standard InChI is InChI=1S/C13H7ClF3NOS/c14-9-2-1-7(20)5-8(9)13(19)18-6-3-10(15)12(17)11(16)4-6/h1-5,20H,(H,18,19). The fraction of sp³-hybridized carbons (Fsp3) is 0. The van der Waals surface area contributed by atoms with E-state index in [2.05, 4.69) is 17.9 Å². The van der Waals surface area contributed by atoms with Crippen LogP contribution in [0.2, 0.25) is 5.02 Å². The average molecular weight is 318 g/mol. The van der Waals surface area contributed by atoms with Crippen molar-refractivity contribution in [1.82, 2.24) is 0 Å². The molecule has 2 nitrogen and oxygen atoms in total. The van der Waals surface area contributed by atoms with E-state index in [9.17, 15) is 18.0 Å². The second kappa shape index (κ2) is 5.76. The van der Waals surface area contributed by atoms with Crippen molar-refractivity contribution in [2.75, 3.05) is 5.32 Å². The summed E-state index contributed by atoms with van der Waals surface area (Å²) in [6, 6.07) is 5.80. The summed E-state index contributed by atoms with van der Waals surface area (Å²) in [4.78, 5) is 12.4. The molecule has 0 aromatic heterocycles. The fourth-order valence-corrected chi connectivity index (χ4v) is 1.92. The van der Waals surface area contributed by atoms with Crippen molar-refractivity contribution in [3.05, 3.63) is 58.4 Å². The zero-order chi connectivity index (χ0) is 14.9. The molecule has 0 spiro atoms. The van der Waals surface area contributed by atoms with Gasteiger partial charge in [0.1, 0.15) is 0 Å².